The fourth-order valence-corrected chi connectivity index (χ4v) is 8.41. The third kappa shape index (κ3) is 8.88. The minimum absolute atomic E-state index is 0.0797. The van der Waals surface area contributed by atoms with E-state index in [-0.39, 0.29) is 28.1 Å². The number of ether oxygens (including phenoxy) is 1. The van der Waals surface area contributed by atoms with Gasteiger partial charge in [-0.05, 0) is 0 Å². The van der Waals surface area contributed by atoms with E-state index in [9.17, 15) is 15.0 Å². The Balaban J connectivity index is 0.000000950. The van der Waals surface area contributed by atoms with E-state index in [1.54, 1.807) is 0 Å². The van der Waals surface area contributed by atoms with Gasteiger partial charge in [0.05, 0.1) is 0 Å². The number of phenolic OH excluding ortho intramolecular Hbond substituents is 2. The van der Waals surface area contributed by atoms with Gasteiger partial charge in [0, 0.05) is 6.61 Å². The van der Waals surface area contributed by atoms with Crippen LogP contribution in [-0.2, 0) is 33.3 Å². The Kier molecular flexibility index (Phi) is 11.9. The summed E-state index contributed by atoms with van der Waals surface area (Å²) in [6.07, 6.45) is 2.38. The minimum Gasteiger partial charge on any atom is -0.552 e. The van der Waals surface area contributed by atoms with Crippen molar-refractivity contribution in [3.8, 4) is 33.8 Å². The Labute approximate surface area is 294 Å². The van der Waals surface area contributed by atoms with Crippen molar-refractivity contribution in [2.75, 3.05) is 6.61 Å². The third-order valence-electron chi connectivity index (χ3n) is 8.15. The van der Waals surface area contributed by atoms with Crippen LogP contribution in [0.25, 0.3) is 25.6 Å². The molecule has 0 unspecified atom stereocenters. The van der Waals surface area contributed by atoms with Crippen LogP contribution in [-0.4, -0.2) is 26.5 Å². The van der Waals surface area contributed by atoms with Crippen molar-refractivity contribution in [2.24, 2.45) is 5.41 Å². The molecule has 4 aromatic rings. The standard InChI is InChI=1S/C32H38O3.C6H5N.C4H7O.W/c1-30(2,3)19-26(33)27-20(22-15-11-17-24(28(22)34)31(4,5)6)13-10-14-21(27)23-16-12-18-25(29(23)35)32(7,8)9;7-6-4-2-1-3-5-6;1-2-4-5-3-1;/h10-18,34-35H,1-9H3;1-5H;3H,1-2,4H2;/q;+1;-1;. The van der Waals surface area contributed by atoms with Crippen molar-refractivity contribution in [3.63, 3.8) is 0 Å². The summed E-state index contributed by atoms with van der Waals surface area (Å²) in [5.74, 6) is 0.253. The summed E-state index contributed by atoms with van der Waals surface area (Å²) in [7, 11) is 0. The van der Waals surface area contributed by atoms with E-state index in [1.807, 2.05) is 91.5 Å². The second-order valence-corrected chi connectivity index (χ2v) is 18.0. The molecule has 6 heteroatoms. The summed E-state index contributed by atoms with van der Waals surface area (Å²) >= 11 is -1.69. The van der Waals surface area contributed by atoms with Gasteiger partial charge in [0.2, 0.25) is 0 Å². The zero-order chi connectivity index (χ0) is 35.3. The summed E-state index contributed by atoms with van der Waals surface area (Å²) in [5, 5.41) is 23.3. The smallest absolute Gasteiger partial charge is 0.00878 e. The monoisotopic (exact) mass is 816 g/mol. The molecule has 5 nitrogen and oxygen atoms in total. The second kappa shape index (κ2) is 15.3. The van der Waals surface area contributed by atoms with Crippen molar-refractivity contribution in [2.45, 2.75) is 86.0 Å². The molecule has 1 heterocycles. The van der Waals surface area contributed by atoms with Crippen LogP contribution in [0.15, 0.2) is 84.9 Å². The van der Waals surface area contributed by atoms with E-state index in [0.717, 1.165) is 33.7 Å². The molecular formula is C42H50NO4W. The topological polar surface area (TPSA) is 71.1 Å². The number of hydrogen-bond acceptors (Lipinski definition) is 4. The van der Waals surface area contributed by atoms with Crippen LogP contribution in [0.1, 0.15) is 96.6 Å². The first-order valence-electron chi connectivity index (χ1n) is 16.6. The molecule has 0 radical (unpaired) electrons. The maximum Gasteiger partial charge on any atom is 0.00878 e. The maximum atomic E-state index is 15.0. The average molecular weight is 817 g/mol. The van der Waals surface area contributed by atoms with Gasteiger partial charge in [0.1, 0.15) is 0 Å². The van der Waals surface area contributed by atoms with Gasteiger partial charge >= 0.3 is 265 Å². The Morgan fingerprint density at radius 3 is 1.56 bits per heavy atom. The first-order valence-corrected chi connectivity index (χ1v) is 19.4. The van der Waals surface area contributed by atoms with Crippen LogP contribution in [0.5, 0.6) is 11.5 Å². The van der Waals surface area contributed by atoms with Gasteiger partial charge in [-0.25, -0.2) is 6.61 Å². The molecule has 253 valence electrons. The molecule has 1 aliphatic rings. The van der Waals surface area contributed by atoms with Gasteiger partial charge < -0.3 is 4.74 Å². The van der Waals surface area contributed by atoms with E-state index in [2.05, 4.69) is 62.3 Å². The van der Waals surface area contributed by atoms with Crippen molar-refractivity contribution in [1.82, 2.24) is 0 Å². The van der Waals surface area contributed by atoms with Crippen LogP contribution in [0.4, 0.5) is 5.69 Å². The first-order chi connectivity index (χ1) is 22.5. The number of phenols is 2. The molecule has 1 saturated heterocycles. The summed E-state index contributed by atoms with van der Waals surface area (Å²) in [4.78, 5) is 15.0. The molecule has 1 aliphatic heterocycles. The largest absolute Gasteiger partial charge is 0.552 e. The second-order valence-electron chi connectivity index (χ2n) is 15.2. The Morgan fingerprint density at radius 2 is 1.17 bits per heavy atom. The Hall–Kier alpha value is -3.62. The molecule has 0 aliphatic carbocycles. The van der Waals surface area contributed by atoms with E-state index < -0.39 is 23.2 Å². The number of ketones is 1. The molecule has 5 rings (SSSR count). The van der Waals surface area contributed by atoms with Gasteiger partial charge in [0.15, 0.2) is 0 Å². The van der Waals surface area contributed by atoms with Crippen molar-refractivity contribution < 1.29 is 37.5 Å². The van der Waals surface area contributed by atoms with Crippen molar-refractivity contribution in [1.29, 1.82) is 0 Å². The summed E-state index contributed by atoms with van der Waals surface area (Å²) in [6, 6.07) is 27.0. The number of rotatable bonds is 4. The molecule has 0 aromatic heterocycles. The quantitative estimate of drug-likeness (QED) is 0.159. The van der Waals surface area contributed by atoms with Crippen LogP contribution < -0.4 is 0 Å². The number of para-hydroxylation sites is 2. The molecule has 0 atom stereocenters. The van der Waals surface area contributed by atoms with Gasteiger partial charge in [-0.1, -0.05) is 6.42 Å². The molecule has 4 aromatic carbocycles. The Morgan fingerprint density at radius 1 is 0.688 bits per heavy atom. The normalized spacial score (nSPS) is 13.2. The van der Waals surface area contributed by atoms with Gasteiger partial charge in [-0.3, -0.25) is 0 Å². The molecule has 0 amide bonds. The van der Waals surface area contributed by atoms with E-state index >= 15 is 0 Å². The number of aromatic hydroxyl groups is 2. The van der Waals surface area contributed by atoms with Crippen LogP contribution in [0.3, 0.4) is 0 Å². The zero-order valence-electron chi connectivity index (χ0n) is 29.8. The SMILES string of the molecule is CC(C)(C)[C](=[W]#[N+]c1ccccc1)C(=O)c1c(-c2cccc(C(C)(C)C)c2O)cccc1-c1cccc(C(C)(C)C)c1O.[CH-]1CCCO1. The average Bonchev–Trinajstić information content (AvgIpc) is 3.60. The van der Waals surface area contributed by atoms with Gasteiger partial charge in [0.25, 0.3) is 0 Å². The molecule has 0 spiro atoms. The Bertz CT molecular complexity index is 1790. The third-order valence-corrected chi connectivity index (χ3v) is 12.8. The van der Waals surface area contributed by atoms with Crippen molar-refractivity contribution in [3.05, 3.63) is 112 Å². The summed E-state index contributed by atoms with van der Waals surface area (Å²) in [6.45, 7) is 21.4. The fraction of sp³-hybridized carbons (Fsp3) is 0.357. The van der Waals surface area contributed by atoms with Crippen LogP contribution >= 0.6 is 0 Å². The molecule has 0 saturated carbocycles. The number of carbonyl (C=O) groups excluding carboxylic acids is 1. The van der Waals surface area contributed by atoms with E-state index in [1.165, 1.54) is 6.42 Å². The summed E-state index contributed by atoms with van der Waals surface area (Å²) in [5.41, 5.74) is 4.45. The number of hydrogen-bond donors (Lipinski definition) is 2. The zero-order valence-corrected chi connectivity index (χ0v) is 32.8. The maximum absolute atomic E-state index is 15.0. The number of nitrogens with zero attached hydrogens (tertiary/aromatic N) is 1. The van der Waals surface area contributed by atoms with Gasteiger partial charge in [-0.2, -0.15) is 6.42 Å². The van der Waals surface area contributed by atoms with Crippen molar-refractivity contribution >= 4 is 15.4 Å². The molecule has 1 fully saturated rings. The van der Waals surface area contributed by atoms with Crippen LogP contribution in [0.2, 0.25) is 0 Å². The van der Waals surface area contributed by atoms with E-state index in [0.29, 0.717) is 27.8 Å². The predicted octanol–water partition coefficient (Wildman–Crippen LogP) is 11.1. The summed E-state index contributed by atoms with van der Waals surface area (Å²) < 4.78 is 10.6. The number of carbonyl (C=O) groups is 1. The molecular weight excluding hydrogens is 766 g/mol. The molecule has 2 N–H and O–H groups in total. The molecule has 48 heavy (non-hydrogen) atoms. The predicted molar refractivity (Wildman–Crippen MR) is 196 cm³/mol. The van der Waals surface area contributed by atoms with Gasteiger partial charge in [-0.15, -0.1) is 0 Å². The minimum atomic E-state index is -1.69. The number of Topliss-reactive ketones (excluding diaryl/α,β-unsaturated/α-hetero) is 1. The number of benzene rings is 4. The molecule has 0 bridgehead atoms. The first kappa shape index (κ1) is 37.2. The van der Waals surface area contributed by atoms with E-state index in [4.69, 9.17) is 8.05 Å². The van der Waals surface area contributed by atoms with Crippen LogP contribution in [0, 0.1) is 12.0 Å². The fourth-order valence-electron chi connectivity index (χ4n) is 5.61.